The fourth-order valence-corrected chi connectivity index (χ4v) is 0. The molecule has 2 heteroatoms. The minimum absolute atomic E-state index is 0.176. The molecule has 0 aromatic carbocycles. The number of aliphatic carboxylic acids is 1. The van der Waals surface area contributed by atoms with Gasteiger partial charge in [-0.1, -0.05) is 31.4 Å². The van der Waals surface area contributed by atoms with Crippen molar-refractivity contribution >= 4 is 5.97 Å². The van der Waals surface area contributed by atoms with E-state index in [1.54, 1.807) is 6.08 Å². The van der Waals surface area contributed by atoms with Gasteiger partial charge in [-0.05, 0) is 13.8 Å². The van der Waals surface area contributed by atoms with Crippen LogP contribution in [0.15, 0.2) is 37.0 Å². The van der Waals surface area contributed by atoms with Gasteiger partial charge in [-0.15, -0.1) is 0 Å². The van der Waals surface area contributed by atoms with Crippen LogP contribution in [0.3, 0.4) is 0 Å². The summed E-state index contributed by atoms with van der Waals surface area (Å²) in [4.78, 5) is 9.60. The van der Waals surface area contributed by atoms with Crippen molar-refractivity contribution in [3.63, 3.8) is 0 Å². The maximum atomic E-state index is 9.60. The Morgan fingerprint density at radius 3 is 1.55 bits per heavy atom. The third kappa shape index (κ3) is 17.7. The Bertz CT molecular complexity index is 166. The SMILES string of the molecule is C=C(C)C(=O)O.C=CC(=C)C. The van der Waals surface area contributed by atoms with E-state index in [4.69, 9.17) is 5.11 Å². The van der Waals surface area contributed by atoms with Gasteiger partial charge in [-0.3, -0.25) is 0 Å². The highest BCUT2D eigenvalue weighted by atomic mass is 16.4. The largest absolute Gasteiger partial charge is 0.478 e. The number of carboxylic acids is 1. The second-order valence-electron chi connectivity index (χ2n) is 2.14. The zero-order valence-electron chi connectivity index (χ0n) is 7.05. The van der Waals surface area contributed by atoms with Gasteiger partial charge in [-0.2, -0.15) is 0 Å². The molecule has 11 heavy (non-hydrogen) atoms. The van der Waals surface area contributed by atoms with E-state index >= 15 is 0 Å². The van der Waals surface area contributed by atoms with Crippen LogP contribution in [0, 0.1) is 0 Å². The highest BCUT2D eigenvalue weighted by Crippen LogP contribution is 1.81. The molecule has 0 fully saturated rings. The van der Waals surface area contributed by atoms with Gasteiger partial charge in [0.25, 0.3) is 0 Å². The quantitative estimate of drug-likeness (QED) is 0.489. The van der Waals surface area contributed by atoms with Gasteiger partial charge in [0, 0.05) is 5.57 Å². The average Bonchev–Trinajstić information content (AvgIpc) is 1.89. The minimum atomic E-state index is -0.935. The molecule has 0 spiro atoms. The highest BCUT2D eigenvalue weighted by molar-refractivity contribution is 5.84. The molecule has 0 aliphatic carbocycles. The topological polar surface area (TPSA) is 37.3 Å². The number of allylic oxidation sites excluding steroid dienone is 2. The Kier molecular flexibility index (Phi) is 7.66. The molecular weight excluding hydrogens is 140 g/mol. The summed E-state index contributed by atoms with van der Waals surface area (Å²) in [5.41, 5.74) is 1.19. The first-order chi connectivity index (χ1) is 4.91. The molecule has 0 bridgehead atoms. The van der Waals surface area contributed by atoms with Crippen LogP contribution >= 0.6 is 0 Å². The minimum Gasteiger partial charge on any atom is -0.478 e. The molecule has 0 aliphatic heterocycles. The fourth-order valence-electron chi connectivity index (χ4n) is 0. The summed E-state index contributed by atoms with van der Waals surface area (Å²) in [5, 5.41) is 7.89. The summed E-state index contributed by atoms with van der Waals surface area (Å²) in [6, 6.07) is 0. The Morgan fingerprint density at radius 1 is 1.36 bits per heavy atom. The zero-order valence-corrected chi connectivity index (χ0v) is 7.05. The zero-order chi connectivity index (χ0) is 9.44. The monoisotopic (exact) mass is 154 g/mol. The molecule has 0 saturated carbocycles. The van der Waals surface area contributed by atoms with Crippen LogP contribution in [0.25, 0.3) is 0 Å². The highest BCUT2D eigenvalue weighted by Gasteiger charge is 1.90. The van der Waals surface area contributed by atoms with Crippen molar-refractivity contribution in [1.29, 1.82) is 0 Å². The van der Waals surface area contributed by atoms with Crippen LogP contribution in [0.2, 0.25) is 0 Å². The van der Waals surface area contributed by atoms with Crippen LogP contribution in [0.1, 0.15) is 13.8 Å². The van der Waals surface area contributed by atoms with E-state index in [9.17, 15) is 4.79 Å². The molecule has 0 aromatic heterocycles. The summed E-state index contributed by atoms with van der Waals surface area (Å²) in [6.07, 6.45) is 1.72. The molecule has 0 aromatic rings. The molecule has 1 N–H and O–H groups in total. The smallest absolute Gasteiger partial charge is 0.330 e. The van der Waals surface area contributed by atoms with Crippen molar-refractivity contribution in [2.24, 2.45) is 0 Å². The Hall–Kier alpha value is -1.31. The first-order valence-electron chi connectivity index (χ1n) is 3.08. The van der Waals surface area contributed by atoms with E-state index in [0.29, 0.717) is 0 Å². The van der Waals surface area contributed by atoms with Crippen LogP contribution in [0.5, 0.6) is 0 Å². The van der Waals surface area contributed by atoms with Crippen LogP contribution < -0.4 is 0 Å². The van der Waals surface area contributed by atoms with Crippen LogP contribution in [-0.2, 0) is 4.79 Å². The maximum absolute atomic E-state index is 9.60. The number of hydrogen-bond donors (Lipinski definition) is 1. The molecule has 2 nitrogen and oxygen atoms in total. The number of carbonyl (C=O) groups is 1. The van der Waals surface area contributed by atoms with E-state index in [0.717, 1.165) is 5.57 Å². The molecule has 0 rings (SSSR count). The second-order valence-corrected chi connectivity index (χ2v) is 2.14. The molecule has 62 valence electrons. The molecular formula is C9H14O2. The summed E-state index contributed by atoms with van der Waals surface area (Å²) < 4.78 is 0. The van der Waals surface area contributed by atoms with Crippen molar-refractivity contribution in [3.8, 4) is 0 Å². The Morgan fingerprint density at radius 2 is 1.55 bits per heavy atom. The van der Waals surface area contributed by atoms with E-state index < -0.39 is 5.97 Å². The predicted octanol–water partition coefficient (Wildman–Crippen LogP) is 2.40. The van der Waals surface area contributed by atoms with E-state index in [1.165, 1.54) is 6.92 Å². The number of carboxylic acid groups (broad SMARTS) is 1. The average molecular weight is 154 g/mol. The van der Waals surface area contributed by atoms with Crippen molar-refractivity contribution in [2.45, 2.75) is 13.8 Å². The summed E-state index contributed by atoms with van der Waals surface area (Å²) in [5.74, 6) is -0.935. The van der Waals surface area contributed by atoms with Crippen LogP contribution in [-0.4, -0.2) is 11.1 Å². The van der Waals surface area contributed by atoms with Gasteiger partial charge in [0.15, 0.2) is 0 Å². The van der Waals surface area contributed by atoms with Crippen molar-refractivity contribution < 1.29 is 9.90 Å². The number of rotatable bonds is 2. The Labute approximate surface area is 67.6 Å². The molecule has 0 atom stereocenters. The summed E-state index contributed by atoms with van der Waals surface area (Å²) in [7, 11) is 0. The lowest BCUT2D eigenvalue weighted by Crippen LogP contribution is -1.92. The predicted molar refractivity (Wildman–Crippen MR) is 47.5 cm³/mol. The number of hydrogen-bond acceptors (Lipinski definition) is 1. The van der Waals surface area contributed by atoms with E-state index in [2.05, 4.69) is 19.7 Å². The lowest BCUT2D eigenvalue weighted by molar-refractivity contribution is -0.132. The van der Waals surface area contributed by atoms with Gasteiger partial charge >= 0.3 is 5.97 Å². The van der Waals surface area contributed by atoms with Gasteiger partial charge in [0.2, 0.25) is 0 Å². The van der Waals surface area contributed by atoms with E-state index in [1.807, 2.05) is 6.92 Å². The van der Waals surface area contributed by atoms with Gasteiger partial charge in [0.1, 0.15) is 0 Å². The maximum Gasteiger partial charge on any atom is 0.330 e. The lowest BCUT2D eigenvalue weighted by Gasteiger charge is -1.79. The first-order valence-corrected chi connectivity index (χ1v) is 3.08. The molecule has 0 radical (unpaired) electrons. The molecule has 0 amide bonds. The van der Waals surface area contributed by atoms with Gasteiger partial charge in [-0.25, -0.2) is 4.79 Å². The van der Waals surface area contributed by atoms with Crippen molar-refractivity contribution in [2.75, 3.05) is 0 Å². The standard InChI is InChI=1S/C5H8.C4H6O2/c1-4-5(2)3;1-3(2)4(5)6/h4H,1-2H2,3H3;1H2,2H3,(H,5,6). The molecule has 0 saturated heterocycles. The molecule has 0 aliphatic rings. The third-order valence-corrected chi connectivity index (χ3v) is 0.714. The normalized spacial score (nSPS) is 7.09. The third-order valence-electron chi connectivity index (χ3n) is 0.714. The first kappa shape index (κ1) is 12.4. The van der Waals surface area contributed by atoms with Crippen molar-refractivity contribution in [3.05, 3.63) is 37.0 Å². The van der Waals surface area contributed by atoms with Crippen molar-refractivity contribution in [1.82, 2.24) is 0 Å². The lowest BCUT2D eigenvalue weighted by atomic mass is 10.4. The molecule has 0 unspecified atom stereocenters. The fraction of sp³-hybridized carbons (Fsp3) is 0.222. The van der Waals surface area contributed by atoms with E-state index in [-0.39, 0.29) is 5.57 Å². The Balaban J connectivity index is 0. The van der Waals surface area contributed by atoms with Gasteiger partial charge in [0.05, 0.1) is 0 Å². The molecule has 0 heterocycles. The van der Waals surface area contributed by atoms with Gasteiger partial charge < -0.3 is 5.11 Å². The second kappa shape index (κ2) is 6.81. The summed E-state index contributed by atoms with van der Waals surface area (Å²) >= 11 is 0. The summed E-state index contributed by atoms with van der Waals surface area (Å²) in [6.45, 7) is 13.5. The van der Waals surface area contributed by atoms with Crippen LogP contribution in [0.4, 0.5) is 0 Å².